The van der Waals surface area contributed by atoms with Gasteiger partial charge in [-0.2, -0.15) is 0 Å². The topological polar surface area (TPSA) is 79.3 Å². The number of carbonyl (C=O) groups is 2. The lowest BCUT2D eigenvalue weighted by Crippen LogP contribution is -2.35. The summed E-state index contributed by atoms with van der Waals surface area (Å²) < 4.78 is 1.92. The van der Waals surface area contributed by atoms with Crippen molar-refractivity contribution in [3.63, 3.8) is 0 Å². The van der Waals surface area contributed by atoms with Crippen molar-refractivity contribution in [2.75, 3.05) is 25.0 Å². The molecule has 206 valence electrons. The summed E-state index contributed by atoms with van der Waals surface area (Å²) in [5, 5.41) is 6.46. The molecular weight excluding hydrogens is 498 g/mol. The number of hydrogen-bond acceptors (Lipinski definition) is 4. The van der Waals surface area contributed by atoms with Crippen LogP contribution in [0.3, 0.4) is 0 Å². The normalized spacial score (nSPS) is 14.6. The minimum atomic E-state index is -0.516. The van der Waals surface area contributed by atoms with E-state index in [0.717, 1.165) is 42.6 Å². The number of nitrogens with one attached hydrogen (secondary N) is 2. The minimum Gasteiger partial charge on any atom is -0.344 e. The van der Waals surface area contributed by atoms with Crippen molar-refractivity contribution < 1.29 is 9.59 Å². The molecule has 1 saturated heterocycles. The van der Waals surface area contributed by atoms with Crippen LogP contribution in [0, 0.1) is 6.92 Å². The Labute approximate surface area is 236 Å². The standard InChI is InChI=1S/C33H37N5O2/c1-24-10-12-26(13-11-24)25(2)20-35-32(27-8-4-3-5-9-27)33(40)36-30-15-14-28(21-34-30)29-16-19-37(22-29)23-31(39)38-17-6-7-18-38/h3-5,8-16,19,21-22,25,32,35H,6-7,17-18,20,23H2,1-2H3,(H,34,36,40)/t25-,32+/m1/s1. The lowest BCUT2D eigenvalue weighted by molar-refractivity contribution is -0.130. The van der Waals surface area contributed by atoms with Crippen molar-refractivity contribution in [1.82, 2.24) is 19.8 Å². The van der Waals surface area contributed by atoms with Crippen LogP contribution >= 0.6 is 0 Å². The Morgan fingerprint density at radius 1 is 0.900 bits per heavy atom. The largest absolute Gasteiger partial charge is 0.344 e. The fourth-order valence-corrected chi connectivity index (χ4v) is 5.08. The van der Waals surface area contributed by atoms with E-state index in [0.29, 0.717) is 18.9 Å². The summed E-state index contributed by atoms with van der Waals surface area (Å²) in [7, 11) is 0. The zero-order chi connectivity index (χ0) is 27.9. The number of anilines is 1. The predicted octanol–water partition coefficient (Wildman–Crippen LogP) is 5.55. The van der Waals surface area contributed by atoms with Gasteiger partial charge in [-0.3, -0.25) is 9.59 Å². The number of nitrogens with zero attached hydrogens (tertiary/aromatic N) is 3. The molecule has 4 aromatic rings. The second-order valence-corrected chi connectivity index (χ2v) is 10.6. The Kier molecular flexibility index (Phi) is 8.71. The molecule has 1 aliphatic heterocycles. The molecular formula is C33H37N5O2. The van der Waals surface area contributed by atoms with E-state index in [2.05, 4.69) is 53.7 Å². The third-order valence-electron chi connectivity index (χ3n) is 7.54. The van der Waals surface area contributed by atoms with Gasteiger partial charge in [-0.25, -0.2) is 4.98 Å². The molecule has 0 spiro atoms. The van der Waals surface area contributed by atoms with Crippen molar-refractivity contribution in [2.24, 2.45) is 0 Å². The van der Waals surface area contributed by atoms with Crippen LogP contribution in [0.1, 0.15) is 48.4 Å². The van der Waals surface area contributed by atoms with E-state index in [9.17, 15) is 9.59 Å². The molecule has 7 nitrogen and oxygen atoms in total. The summed E-state index contributed by atoms with van der Waals surface area (Å²) in [6, 6.07) is 23.5. The highest BCUT2D eigenvalue weighted by Gasteiger charge is 2.22. The highest BCUT2D eigenvalue weighted by molar-refractivity contribution is 5.95. The Hall–Kier alpha value is -4.23. The molecule has 2 aromatic carbocycles. The van der Waals surface area contributed by atoms with E-state index < -0.39 is 6.04 Å². The third-order valence-corrected chi connectivity index (χ3v) is 7.54. The van der Waals surface area contributed by atoms with Gasteiger partial charge in [0.2, 0.25) is 11.8 Å². The van der Waals surface area contributed by atoms with Crippen LogP contribution in [0.2, 0.25) is 0 Å². The molecule has 1 fully saturated rings. The Morgan fingerprint density at radius 2 is 1.65 bits per heavy atom. The number of benzene rings is 2. The van der Waals surface area contributed by atoms with Crippen molar-refractivity contribution in [2.45, 2.75) is 45.2 Å². The highest BCUT2D eigenvalue weighted by atomic mass is 16.2. The van der Waals surface area contributed by atoms with E-state index in [1.807, 2.05) is 70.4 Å². The van der Waals surface area contributed by atoms with Crippen LogP contribution in [-0.4, -0.2) is 45.9 Å². The lowest BCUT2D eigenvalue weighted by atomic mass is 9.98. The lowest BCUT2D eigenvalue weighted by Gasteiger charge is -2.21. The van der Waals surface area contributed by atoms with Gasteiger partial charge in [0.25, 0.3) is 0 Å². The zero-order valence-electron chi connectivity index (χ0n) is 23.2. The summed E-state index contributed by atoms with van der Waals surface area (Å²) in [5.74, 6) is 0.737. The summed E-state index contributed by atoms with van der Waals surface area (Å²) in [4.78, 5) is 32.3. The maximum Gasteiger partial charge on any atom is 0.247 e. The van der Waals surface area contributed by atoms with Crippen LogP contribution in [0.5, 0.6) is 0 Å². The molecule has 0 saturated carbocycles. The molecule has 2 N–H and O–H groups in total. The monoisotopic (exact) mass is 535 g/mol. The molecule has 2 aromatic heterocycles. The van der Waals surface area contributed by atoms with Gasteiger partial charge < -0.3 is 20.1 Å². The van der Waals surface area contributed by atoms with Gasteiger partial charge in [0, 0.05) is 49.4 Å². The predicted molar refractivity (Wildman–Crippen MR) is 159 cm³/mol. The molecule has 0 radical (unpaired) electrons. The smallest absolute Gasteiger partial charge is 0.247 e. The summed E-state index contributed by atoms with van der Waals surface area (Å²) >= 11 is 0. The third kappa shape index (κ3) is 6.85. The highest BCUT2D eigenvalue weighted by Crippen LogP contribution is 2.23. The van der Waals surface area contributed by atoms with Crippen LogP contribution in [-0.2, 0) is 16.1 Å². The number of pyridine rings is 1. The number of amides is 2. The first-order valence-corrected chi connectivity index (χ1v) is 14.0. The van der Waals surface area contributed by atoms with E-state index in [1.165, 1.54) is 11.1 Å². The first-order valence-electron chi connectivity index (χ1n) is 14.0. The van der Waals surface area contributed by atoms with Crippen LogP contribution in [0.4, 0.5) is 5.82 Å². The molecule has 5 rings (SSSR count). The van der Waals surface area contributed by atoms with Crippen LogP contribution in [0.15, 0.2) is 91.4 Å². The van der Waals surface area contributed by atoms with Crippen molar-refractivity contribution in [3.05, 3.63) is 108 Å². The zero-order valence-corrected chi connectivity index (χ0v) is 23.2. The SMILES string of the molecule is Cc1ccc([C@H](C)CN[C@H](C(=O)Nc2ccc(-c3ccn(CC(=O)N4CCCC4)c3)cn2)c2ccccc2)cc1. The maximum absolute atomic E-state index is 13.4. The van der Waals surface area contributed by atoms with Crippen LogP contribution in [0.25, 0.3) is 11.1 Å². The first-order chi connectivity index (χ1) is 19.5. The van der Waals surface area contributed by atoms with Gasteiger partial charge in [-0.1, -0.05) is 67.1 Å². The fourth-order valence-electron chi connectivity index (χ4n) is 5.08. The molecule has 0 unspecified atom stereocenters. The Morgan fingerprint density at radius 3 is 2.35 bits per heavy atom. The molecule has 0 aliphatic carbocycles. The van der Waals surface area contributed by atoms with E-state index in [-0.39, 0.29) is 17.7 Å². The van der Waals surface area contributed by atoms with Crippen LogP contribution < -0.4 is 10.6 Å². The Balaban J connectivity index is 1.22. The molecule has 2 atom stereocenters. The summed E-state index contributed by atoms with van der Waals surface area (Å²) in [6.45, 7) is 6.95. The van der Waals surface area contributed by atoms with E-state index in [1.54, 1.807) is 6.20 Å². The average molecular weight is 536 g/mol. The fraction of sp³-hybridized carbons (Fsp3) is 0.303. The summed E-state index contributed by atoms with van der Waals surface area (Å²) in [6.07, 6.45) is 7.82. The van der Waals surface area contributed by atoms with E-state index in [4.69, 9.17) is 0 Å². The number of aryl methyl sites for hydroxylation is 1. The van der Waals surface area contributed by atoms with Crippen molar-refractivity contribution in [3.8, 4) is 11.1 Å². The van der Waals surface area contributed by atoms with Gasteiger partial charge in [0.1, 0.15) is 18.4 Å². The van der Waals surface area contributed by atoms with E-state index >= 15 is 0 Å². The molecule has 7 heteroatoms. The maximum atomic E-state index is 13.4. The summed E-state index contributed by atoms with van der Waals surface area (Å²) in [5.41, 5.74) is 5.27. The van der Waals surface area contributed by atoms with Crippen molar-refractivity contribution >= 4 is 17.6 Å². The number of rotatable bonds is 10. The molecule has 1 aliphatic rings. The van der Waals surface area contributed by atoms with Gasteiger partial charge in [0.15, 0.2) is 0 Å². The van der Waals surface area contributed by atoms with Crippen molar-refractivity contribution in [1.29, 1.82) is 0 Å². The minimum absolute atomic E-state index is 0.158. The first kappa shape index (κ1) is 27.3. The van der Waals surface area contributed by atoms with Gasteiger partial charge in [-0.05, 0) is 55.0 Å². The molecule has 2 amide bonds. The Bertz CT molecular complexity index is 1410. The molecule has 40 heavy (non-hydrogen) atoms. The van der Waals surface area contributed by atoms with Gasteiger partial charge >= 0.3 is 0 Å². The average Bonchev–Trinajstić information content (AvgIpc) is 3.68. The van der Waals surface area contributed by atoms with Gasteiger partial charge in [0.05, 0.1) is 0 Å². The quantitative estimate of drug-likeness (QED) is 0.279. The second-order valence-electron chi connectivity index (χ2n) is 10.6. The number of hydrogen-bond donors (Lipinski definition) is 2. The second kappa shape index (κ2) is 12.7. The molecule has 0 bridgehead atoms. The number of likely N-dealkylation sites (tertiary alicyclic amines) is 1. The van der Waals surface area contributed by atoms with Gasteiger partial charge in [-0.15, -0.1) is 0 Å². The number of aromatic nitrogens is 2. The number of carbonyl (C=O) groups excluding carboxylic acids is 2. The molecule has 3 heterocycles.